The lowest BCUT2D eigenvalue weighted by molar-refractivity contribution is -0.119. The molecule has 1 aromatic heterocycles. The summed E-state index contributed by atoms with van der Waals surface area (Å²) in [5.41, 5.74) is 6.82. The van der Waals surface area contributed by atoms with E-state index in [4.69, 9.17) is 10.5 Å². The molecular formula is C21H18N6O4. The minimum absolute atomic E-state index is 0.170. The van der Waals surface area contributed by atoms with E-state index in [-0.39, 0.29) is 23.5 Å². The topological polar surface area (TPSA) is 152 Å². The highest BCUT2D eigenvalue weighted by atomic mass is 16.5. The smallest absolute Gasteiger partial charge is 0.338 e. The predicted octanol–water partition coefficient (Wildman–Crippen LogP) is 1.71. The van der Waals surface area contributed by atoms with E-state index in [2.05, 4.69) is 15.7 Å². The number of ether oxygens (including phenoxy) is 1. The first-order valence-electron chi connectivity index (χ1n) is 9.10. The van der Waals surface area contributed by atoms with Crippen molar-refractivity contribution < 1.29 is 19.1 Å². The second kappa shape index (κ2) is 9.71. The monoisotopic (exact) mass is 418 g/mol. The number of aromatic nitrogens is 2. The lowest BCUT2D eigenvalue weighted by Gasteiger charge is -2.10. The van der Waals surface area contributed by atoms with Gasteiger partial charge in [0.2, 0.25) is 0 Å². The third kappa shape index (κ3) is 5.45. The summed E-state index contributed by atoms with van der Waals surface area (Å²) >= 11 is 0. The van der Waals surface area contributed by atoms with E-state index < -0.39 is 24.5 Å². The summed E-state index contributed by atoms with van der Waals surface area (Å²) in [5, 5.41) is 18.4. The number of primary amides is 1. The molecule has 3 aromatic rings. The molecule has 10 heteroatoms. The molecule has 3 amide bonds. The van der Waals surface area contributed by atoms with E-state index in [9.17, 15) is 19.6 Å². The van der Waals surface area contributed by atoms with Gasteiger partial charge < -0.3 is 21.1 Å². The standard InChI is InChI=1S/C21H18N6O4/c22-10-16-12-25-27(17-4-2-1-3-5-17)19(16)26-18(28)13-31-20(29)15-8-6-14(7-9-15)11-24-21(23)30/h1-9,12H,11,13H2,(H,26,28)(H3,23,24,30). The number of hydrogen-bond acceptors (Lipinski definition) is 6. The molecule has 156 valence electrons. The van der Waals surface area contributed by atoms with Gasteiger partial charge in [0.25, 0.3) is 5.91 Å². The normalized spacial score (nSPS) is 10.0. The first kappa shape index (κ1) is 21.1. The van der Waals surface area contributed by atoms with Gasteiger partial charge in [0.1, 0.15) is 11.6 Å². The van der Waals surface area contributed by atoms with Crippen molar-refractivity contribution in [2.24, 2.45) is 5.73 Å². The predicted molar refractivity (Wildman–Crippen MR) is 110 cm³/mol. The summed E-state index contributed by atoms with van der Waals surface area (Å²) in [5.74, 6) is -1.13. The number of nitrogens with two attached hydrogens (primary N) is 1. The second-order valence-corrected chi connectivity index (χ2v) is 6.31. The fourth-order valence-corrected chi connectivity index (χ4v) is 2.65. The zero-order valence-corrected chi connectivity index (χ0v) is 16.2. The highest BCUT2D eigenvalue weighted by Gasteiger charge is 2.16. The van der Waals surface area contributed by atoms with Gasteiger partial charge in [-0.2, -0.15) is 10.4 Å². The molecule has 0 spiro atoms. The Morgan fingerprint density at radius 1 is 1.10 bits per heavy atom. The molecule has 0 fully saturated rings. The Bertz CT molecular complexity index is 1130. The van der Waals surface area contributed by atoms with Gasteiger partial charge in [-0.15, -0.1) is 0 Å². The van der Waals surface area contributed by atoms with Crippen LogP contribution in [0.2, 0.25) is 0 Å². The maximum absolute atomic E-state index is 12.3. The number of esters is 1. The van der Waals surface area contributed by atoms with Crippen molar-refractivity contribution in [3.63, 3.8) is 0 Å². The molecule has 10 nitrogen and oxygen atoms in total. The van der Waals surface area contributed by atoms with Crippen LogP contribution in [0.1, 0.15) is 21.5 Å². The van der Waals surface area contributed by atoms with Crippen molar-refractivity contribution in [1.29, 1.82) is 5.26 Å². The molecule has 2 aromatic carbocycles. The van der Waals surface area contributed by atoms with E-state index >= 15 is 0 Å². The van der Waals surface area contributed by atoms with Gasteiger partial charge in [0.05, 0.1) is 17.4 Å². The minimum atomic E-state index is -0.693. The quantitative estimate of drug-likeness (QED) is 0.497. The van der Waals surface area contributed by atoms with E-state index in [1.165, 1.54) is 23.0 Å². The zero-order valence-electron chi connectivity index (χ0n) is 16.2. The van der Waals surface area contributed by atoms with Gasteiger partial charge in [-0.05, 0) is 29.8 Å². The number of nitriles is 1. The maximum Gasteiger partial charge on any atom is 0.338 e. The highest BCUT2D eigenvalue weighted by Crippen LogP contribution is 2.19. The van der Waals surface area contributed by atoms with Crippen molar-refractivity contribution in [3.05, 3.63) is 77.5 Å². The number of nitrogens with zero attached hydrogens (tertiary/aromatic N) is 3. The molecule has 0 radical (unpaired) electrons. The van der Waals surface area contributed by atoms with Crippen LogP contribution in [-0.2, 0) is 16.1 Å². The fraction of sp³-hybridized carbons (Fsp3) is 0.0952. The summed E-state index contributed by atoms with van der Waals surface area (Å²) in [6.45, 7) is -0.321. The number of urea groups is 1. The number of para-hydroxylation sites is 1. The Labute approximate surface area is 177 Å². The molecule has 0 aliphatic heterocycles. The van der Waals surface area contributed by atoms with Crippen LogP contribution in [0.25, 0.3) is 5.69 Å². The molecule has 0 bridgehead atoms. The number of anilines is 1. The summed E-state index contributed by atoms with van der Waals surface area (Å²) in [7, 11) is 0. The van der Waals surface area contributed by atoms with Crippen LogP contribution in [0.5, 0.6) is 0 Å². The van der Waals surface area contributed by atoms with Gasteiger partial charge in [-0.3, -0.25) is 4.79 Å². The molecule has 1 heterocycles. The number of amides is 3. The number of carbonyl (C=O) groups excluding carboxylic acids is 3. The second-order valence-electron chi connectivity index (χ2n) is 6.31. The largest absolute Gasteiger partial charge is 0.452 e. The van der Waals surface area contributed by atoms with Crippen molar-refractivity contribution in [3.8, 4) is 11.8 Å². The van der Waals surface area contributed by atoms with Crippen LogP contribution < -0.4 is 16.4 Å². The molecule has 31 heavy (non-hydrogen) atoms. The van der Waals surface area contributed by atoms with Crippen molar-refractivity contribution in [2.75, 3.05) is 11.9 Å². The number of rotatable bonds is 7. The molecule has 3 rings (SSSR count). The summed E-state index contributed by atoms with van der Waals surface area (Å²) in [6, 6.07) is 16.6. The van der Waals surface area contributed by atoms with Gasteiger partial charge in [-0.1, -0.05) is 30.3 Å². The number of benzene rings is 2. The highest BCUT2D eigenvalue weighted by molar-refractivity contribution is 5.95. The molecular weight excluding hydrogens is 400 g/mol. The average Bonchev–Trinajstić information content (AvgIpc) is 3.19. The van der Waals surface area contributed by atoms with E-state index in [1.54, 1.807) is 36.4 Å². The van der Waals surface area contributed by atoms with Crippen LogP contribution in [0, 0.1) is 11.3 Å². The lowest BCUT2D eigenvalue weighted by atomic mass is 10.1. The van der Waals surface area contributed by atoms with E-state index in [0.29, 0.717) is 5.69 Å². The Kier molecular flexibility index (Phi) is 6.60. The van der Waals surface area contributed by atoms with Crippen LogP contribution in [0.15, 0.2) is 60.8 Å². The summed E-state index contributed by atoms with van der Waals surface area (Å²) in [6.07, 6.45) is 1.34. The fourth-order valence-electron chi connectivity index (χ4n) is 2.65. The molecule has 0 aliphatic carbocycles. The Morgan fingerprint density at radius 3 is 2.45 bits per heavy atom. The van der Waals surface area contributed by atoms with Gasteiger partial charge in [0.15, 0.2) is 12.4 Å². The number of hydrogen-bond donors (Lipinski definition) is 3. The molecule has 0 atom stereocenters. The minimum Gasteiger partial charge on any atom is -0.452 e. The molecule has 4 N–H and O–H groups in total. The molecule has 0 aliphatic rings. The Balaban J connectivity index is 1.61. The van der Waals surface area contributed by atoms with Crippen molar-refractivity contribution in [2.45, 2.75) is 6.54 Å². The summed E-state index contributed by atoms with van der Waals surface area (Å²) in [4.78, 5) is 35.2. The molecule has 0 saturated carbocycles. The lowest BCUT2D eigenvalue weighted by Crippen LogP contribution is -2.28. The number of nitrogens with one attached hydrogen (secondary N) is 2. The molecule has 0 unspecified atom stereocenters. The van der Waals surface area contributed by atoms with Crippen LogP contribution in [-0.4, -0.2) is 34.3 Å². The van der Waals surface area contributed by atoms with Gasteiger partial charge in [-0.25, -0.2) is 14.3 Å². The first-order valence-corrected chi connectivity index (χ1v) is 9.10. The molecule has 0 saturated heterocycles. The van der Waals surface area contributed by atoms with Crippen molar-refractivity contribution in [1.82, 2.24) is 15.1 Å². The SMILES string of the molecule is N#Cc1cnn(-c2ccccc2)c1NC(=O)COC(=O)c1ccc(CNC(N)=O)cc1. The maximum atomic E-state index is 12.3. The zero-order chi connectivity index (χ0) is 22.2. The van der Waals surface area contributed by atoms with Crippen molar-refractivity contribution >= 4 is 23.7 Å². The average molecular weight is 418 g/mol. The third-order valence-electron chi connectivity index (χ3n) is 4.14. The van der Waals surface area contributed by atoms with Gasteiger partial charge in [0, 0.05) is 6.54 Å². The Morgan fingerprint density at radius 2 is 1.81 bits per heavy atom. The van der Waals surface area contributed by atoms with Crippen LogP contribution in [0.4, 0.5) is 10.6 Å². The van der Waals surface area contributed by atoms with E-state index in [1.807, 2.05) is 12.1 Å². The van der Waals surface area contributed by atoms with Crippen LogP contribution >= 0.6 is 0 Å². The third-order valence-corrected chi connectivity index (χ3v) is 4.14. The van der Waals surface area contributed by atoms with E-state index in [0.717, 1.165) is 5.56 Å². The first-order chi connectivity index (χ1) is 15.0. The van der Waals surface area contributed by atoms with Gasteiger partial charge >= 0.3 is 12.0 Å². The number of carbonyl (C=O) groups is 3. The summed E-state index contributed by atoms with van der Waals surface area (Å²) < 4.78 is 6.46. The van der Waals surface area contributed by atoms with Crippen LogP contribution in [0.3, 0.4) is 0 Å². The Hall–Kier alpha value is -4.65.